The first-order valence-electron chi connectivity index (χ1n) is 0.730. The number of hydrogen-bond acceptors (Lipinski definition) is 4. The fourth-order valence-electron chi connectivity index (χ4n) is 0. The van der Waals surface area contributed by atoms with Gasteiger partial charge in [-0.15, -0.1) is 0 Å². The summed E-state index contributed by atoms with van der Waals surface area (Å²) in [5.74, 6) is 0. The molecule has 0 rings (SSSR count). The zero-order chi connectivity index (χ0) is 4.50. The summed E-state index contributed by atoms with van der Waals surface area (Å²) in [5, 5.41) is 0. The van der Waals surface area contributed by atoms with Crippen LogP contribution in [0.2, 0.25) is 0 Å². The molecule has 0 atom stereocenters. The van der Waals surface area contributed by atoms with E-state index in [-0.39, 0.29) is 61.0 Å². The molecule has 0 fully saturated rings. The topological polar surface area (TPSA) is 86.2 Å². The fourth-order valence-corrected chi connectivity index (χ4v) is 0. The van der Waals surface area contributed by atoms with Crippen LogP contribution in [0, 0.1) is 0 Å². The largest absolute Gasteiger partial charge is 1.00 e. The molecule has 6 heavy (non-hydrogen) atoms. The van der Waals surface area contributed by atoms with Crippen LogP contribution in [0.3, 0.4) is 0 Å². The summed E-state index contributed by atoms with van der Waals surface area (Å²) in [6.45, 7) is 0. The van der Waals surface area contributed by atoms with Crippen molar-refractivity contribution in [2.75, 3.05) is 0 Å². The third-order valence-electron chi connectivity index (χ3n) is 0. The Balaban J connectivity index is -0.0000000267. The van der Waals surface area contributed by atoms with Crippen LogP contribution in [0.25, 0.3) is 0 Å². The van der Waals surface area contributed by atoms with E-state index in [1.807, 2.05) is 0 Å². The molecule has 0 spiro atoms. The van der Waals surface area contributed by atoms with Crippen LogP contribution in [-0.4, -0.2) is 14.5 Å². The molecule has 32 valence electrons. The van der Waals surface area contributed by atoms with E-state index in [1.54, 1.807) is 0 Å². The van der Waals surface area contributed by atoms with Gasteiger partial charge in [-0.3, -0.25) is 0 Å². The maximum atomic E-state index is 8.61. The summed E-state index contributed by atoms with van der Waals surface area (Å²) in [7, 11) is 0. The van der Waals surface area contributed by atoms with E-state index in [9.17, 15) is 0 Å². The third-order valence-corrected chi connectivity index (χ3v) is 0. The Morgan fingerprint density at radius 3 is 1.33 bits per heavy atom. The summed E-state index contributed by atoms with van der Waals surface area (Å²) >= 11 is -5.88. The Bertz CT molecular complexity index is 60.2. The standard InChI is InChI=1S/AsH3O4.Rb/c2-1(3,4)5;/h(H3,2,3,4,5);/q;+1/p-1. The second kappa shape index (κ2) is 3.98. The van der Waals surface area contributed by atoms with Crippen molar-refractivity contribution in [3.05, 3.63) is 0 Å². The van der Waals surface area contributed by atoms with Crippen LogP contribution >= 0.6 is 0 Å². The van der Waals surface area contributed by atoms with Gasteiger partial charge in [0.15, 0.2) is 0 Å². The van der Waals surface area contributed by atoms with Gasteiger partial charge in [0.05, 0.1) is 0 Å². The van der Waals surface area contributed by atoms with Crippen molar-refractivity contribution in [1.82, 2.24) is 0 Å². The smallest absolute Gasteiger partial charge is 1.00 e. The zero-order valence-electron chi connectivity index (χ0n) is 5.08. The third kappa shape index (κ3) is 36.8. The molecule has 0 bridgehead atoms. The average molecular weight is 226 g/mol. The minimum absolute atomic E-state index is 0. The molecule has 0 saturated heterocycles. The monoisotopic (exact) mass is 226 g/mol. The quantitative estimate of drug-likeness (QED) is 0.384. The second-order valence-electron chi connectivity index (χ2n) is 0.447. The molecule has 6 heteroatoms. The van der Waals surface area contributed by atoms with Gasteiger partial charge in [-0.1, -0.05) is 0 Å². The minimum Gasteiger partial charge on any atom is 1.00 e. The van der Waals surface area contributed by atoms with Crippen molar-refractivity contribution >= 4 is 14.5 Å². The zero-order valence-corrected chi connectivity index (χ0v) is 9.87. The molecule has 0 aromatic carbocycles. The summed E-state index contributed by atoms with van der Waals surface area (Å²) in [6, 6.07) is 0. The summed E-state index contributed by atoms with van der Waals surface area (Å²) in [6.07, 6.45) is 0. The van der Waals surface area contributed by atoms with Gasteiger partial charge in [0.25, 0.3) is 0 Å². The molecule has 0 aromatic heterocycles. The van der Waals surface area contributed by atoms with Crippen molar-refractivity contribution in [1.29, 1.82) is 0 Å². The Morgan fingerprint density at radius 1 is 1.33 bits per heavy atom. The molecular formula is H2AsO4Rb. The number of hydrogen-bond donors (Lipinski definition) is 0. The van der Waals surface area contributed by atoms with E-state index in [0.717, 1.165) is 0 Å². The average Bonchev–Trinajstić information content (AvgIpc) is 0.722. The van der Waals surface area contributed by atoms with E-state index in [1.165, 1.54) is 0 Å². The molecule has 0 heterocycles. The van der Waals surface area contributed by atoms with Gasteiger partial charge in [0, 0.05) is 0 Å². The fraction of sp³-hybridized carbons (Fsp3) is 0. The van der Waals surface area contributed by atoms with Gasteiger partial charge in [-0.2, -0.15) is 0 Å². The van der Waals surface area contributed by atoms with Crippen LogP contribution in [-0.2, 0) is 3.74 Å². The first-order valence-corrected chi connectivity index (χ1v) is 3.79. The van der Waals surface area contributed by atoms with Crippen molar-refractivity contribution in [3.63, 3.8) is 0 Å². The van der Waals surface area contributed by atoms with E-state index >= 15 is 0 Å². The molecule has 0 aliphatic carbocycles. The van der Waals surface area contributed by atoms with Gasteiger partial charge < -0.3 is 0 Å². The Kier molecular flexibility index (Phi) is 7.24. The van der Waals surface area contributed by atoms with E-state index < -0.39 is 14.5 Å². The van der Waals surface area contributed by atoms with Gasteiger partial charge in [-0.25, -0.2) is 0 Å². The van der Waals surface area contributed by atoms with Crippen LogP contribution in [0.1, 0.15) is 2.85 Å². The van der Waals surface area contributed by atoms with E-state index in [0.29, 0.717) is 0 Å². The first kappa shape index (κ1) is 10.9. The molecule has 0 amide bonds. The molecule has 0 aliphatic rings. The molecule has 0 saturated carbocycles. The minimum atomic E-state index is -5.88. The maximum Gasteiger partial charge on any atom is 1.00 e. The molecular weight excluding hydrogens is 224 g/mol. The summed E-state index contributed by atoms with van der Waals surface area (Å²) < 4.78 is 34.4. The van der Waals surface area contributed by atoms with Gasteiger partial charge in [-0.05, 0) is 0 Å². The van der Waals surface area contributed by atoms with Gasteiger partial charge in [0.2, 0.25) is 0 Å². The normalized spacial score (nSPS) is 9.83. The molecule has 0 unspecified atom stereocenters. The Labute approximate surface area is 89.7 Å². The van der Waals surface area contributed by atoms with Crippen LogP contribution in [0.5, 0.6) is 0 Å². The van der Waals surface area contributed by atoms with E-state index in [4.69, 9.17) is 16.0 Å². The predicted molar refractivity (Wildman–Crippen MR) is 8.66 cm³/mol. The van der Waals surface area contributed by atoms with Crippen molar-refractivity contribution in [3.8, 4) is 0 Å². The van der Waals surface area contributed by atoms with E-state index in [2.05, 4.69) is 0 Å². The summed E-state index contributed by atoms with van der Waals surface area (Å²) in [4.78, 5) is 0. The molecule has 4 nitrogen and oxygen atoms in total. The van der Waals surface area contributed by atoms with Gasteiger partial charge in [0.1, 0.15) is 0 Å². The SMILES string of the molecule is O=[As]([O-])([O-])[O-].[H+].[H+].[Rb+]. The number of rotatable bonds is 0. The summed E-state index contributed by atoms with van der Waals surface area (Å²) in [5.41, 5.74) is 0. The van der Waals surface area contributed by atoms with Crippen LogP contribution in [0.4, 0.5) is 0 Å². The van der Waals surface area contributed by atoms with Crippen molar-refractivity contribution < 1.29 is 77.1 Å². The van der Waals surface area contributed by atoms with Crippen LogP contribution < -0.4 is 70.5 Å². The molecule has 0 N–H and O–H groups in total. The first-order chi connectivity index (χ1) is 2.00. The van der Waals surface area contributed by atoms with Crippen molar-refractivity contribution in [2.24, 2.45) is 0 Å². The van der Waals surface area contributed by atoms with Gasteiger partial charge >= 0.3 is 91.6 Å². The molecule has 0 aliphatic heterocycles. The second-order valence-corrected chi connectivity index (χ2v) is 2.32. The Morgan fingerprint density at radius 2 is 1.33 bits per heavy atom. The maximum absolute atomic E-state index is 8.61. The Hall–Kier alpha value is 2.04. The van der Waals surface area contributed by atoms with Crippen LogP contribution in [0.15, 0.2) is 0 Å². The van der Waals surface area contributed by atoms with Crippen molar-refractivity contribution in [2.45, 2.75) is 0 Å². The predicted octanol–water partition coefficient (Wildman–Crippen LogP) is -6.84. The molecule has 0 radical (unpaired) electrons. The molecule has 0 aromatic rings.